The van der Waals surface area contributed by atoms with Crippen molar-refractivity contribution in [1.29, 1.82) is 0 Å². The van der Waals surface area contributed by atoms with Crippen LogP contribution in [0.15, 0.2) is 36.4 Å². The van der Waals surface area contributed by atoms with Gasteiger partial charge in [0.15, 0.2) is 6.61 Å². The first-order valence-electron chi connectivity index (χ1n) is 9.11. The van der Waals surface area contributed by atoms with E-state index in [2.05, 4.69) is 5.32 Å². The van der Waals surface area contributed by atoms with E-state index in [0.717, 1.165) is 22.1 Å². The molecule has 0 aliphatic carbocycles. The van der Waals surface area contributed by atoms with Gasteiger partial charge in [-0.05, 0) is 44.0 Å². The number of amides is 2. The van der Waals surface area contributed by atoms with E-state index >= 15 is 0 Å². The van der Waals surface area contributed by atoms with Crippen LogP contribution in [-0.2, 0) is 14.3 Å². The zero-order valence-electron chi connectivity index (χ0n) is 17.2. The van der Waals surface area contributed by atoms with E-state index in [-0.39, 0.29) is 23.7 Å². The van der Waals surface area contributed by atoms with Crippen LogP contribution in [0.25, 0.3) is 0 Å². The maximum atomic E-state index is 12.2. The summed E-state index contributed by atoms with van der Waals surface area (Å²) in [6.07, 6.45) is 0. The minimum absolute atomic E-state index is 0.0320. The van der Waals surface area contributed by atoms with Gasteiger partial charge in [0.25, 0.3) is 11.6 Å². The molecule has 0 saturated carbocycles. The van der Waals surface area contributed by atoms with Gasteiger partial charge in [-0.3, -0.25) is 19.7 Å². The van der Waals surface area contributed by atoms with Gasteiger partial charge in [-0.1, -0.05) is 18.2 Å². The lowest BCUT2D eigenvalue weighted by atomic mass is 10.1. The fourth-order valence-electron chi connectivity index (χ4n) is 2.62. The molecule has 2 aromatic carbocycles. The number of rotatable bonds is 7. The molecule has 2 aromatic rings. The molecular weight excluding hydrogens is 390 g/mol. The molecule has 9 heteroatoms. The topological polar surface area (TPSA) is 119 Å². The van der Waals surface area contributed by atoms with Crippen molar-refractivity contribution in [3.63, 3.8) is 0 Å². The minimum atomic E-state index is -0.861. The molecule has 2 rings (SSSR count). The third-order valence-corrected chi connectivity index (χ3v) is 4.44. The Bertz CT molecular complexity index is 1000. The molecule has 0 unspecified atom stereocenters. The molecule has 158 valence electrons. The Kier molecular flexibility index (Phi) is 7.24. The summed E-state index contributed by atoms with van der Waals surface area (Å²) in [5.74, 6) is -1.83. The van der Waals surface area contributed by atoms with Crippen molar-refractivity contribution >= 4 is 29.2 Å². The van der Waals surface area contributed by atoms with Gasteiger partial charge in [0.2, 0.25) is 5.91 Å². The number of hydrogen-bond acceptors (Lipinski definition) is 6. The van der Waals surface area contributed by atoms with Crippen molar-refractivity contribution in [2.45, 2.75) is 20.8 Å². The summed E-state index contributed by atoms with van der Waals surface area (Å²) in [5, 5.41) is 13.7. The maximum absolute atomic E-state index is 12.2. The molecule has 0 atom stereocenters. The first kappa shape index (κ1) is 22.5. The number of carbonyl (C=O) groups is 3. The van der Waals surface area contributed by atoms with E-state index in [1.54, 1.807) is 6.92 Å². The Morgan fingerprint density at radius 3 is 2.40 bits per heavy atom. The number of carbonyl (C=O) groups excluding carboxylic acids is 3. The predicted molar refractivity (Wildman–Crippen MR) is 110 cm³/mol. The number of anilines is 1. The van der Waals surface area contributed by atoms with E-state index in [9.17, 15) is 24.5 Å². The zero-order valence-corrected chi connectivity index (χ0v) is 17.2. The summed E-state index contributed by atoms with van der Waals surface area (Å²) < 4.78 is 4.94. The number of likely N-dealkylation sites (N-methyl/N-ethyl adjacent to an activating group) is 1. The number of nitro benzene ring substituents is 1. The van der Waals surface area contributed by atoms with Crippen molar-refractivity contribution in [2.75, 3.05) is 25.5 Å². The van der Waals surface area contributed by atoms with Crippen LogP contribution in [0.5, 0.6) is 0 Å². The summed E-state index contributed by atoms with van der Waals surface area (Å²) in [6.45, 7) is 4.50. The Balaban J connectivity index is 1.90. The van der Waals surface area contributed by atoms with Crippen LogP contribution < -0.4 is 5.32 Å². The maximum Gasteiger partial charge on any atom is 0.338 e. The molecular formula is C21H23N3O6. The van der Waals surface area contributed by atoms with Crippen molar-refractivity contribution in [2.24, 2.45) is 0 Å². The van der Waals surface area contributed by atoms with Crippen molar-refractivity contribution < 1.29 is 24.0 Å². The first-order chi connectivity index (χ1) is 14.1. The van der Waals surface area contributed by atoms with Crippen LogP contribution in [0.1, 0.15) is 27.0 Å². The second kappa shape index (κ2) is 9.64. The second-order valence-corrected chi connectivity index (χ2v) is 6.95. The van der Waals surface area contributed by atoms with Gasteiger partial charge in [0.05, 0.1) is 17.0 Å². The van der Waals surface area contributed by atoms with Gasteiger partial charge >= 0.3 is 5.97 Å². The van der Waals surface area contributed by atoms with Crippen LogP contribution in [0, 0.1) is 30.9 Å². The van der Waals surface area contributed by atoms with Crippen LogP contribution >= 0.6 is 0 Å². The average Bonchev–Trinajstić information content (AvgIpc) is 2.68. The molecule has 0 aliphatic heterocycles. The van der Waals surface area contributed by atoms with E-state index in [1.807, 2.05) is 32.0 Å². The highest BCUT2D eigenvalue weighted by atomic mass is 16.6. The number of ether oxygens (including phenoxy) is 1. The highest BCUT2D eigenvalue weighted by molar-refractivity contribution is 5.96. The van der Waals surface area contributed by atoms with Gasteiger partial charge in [0.1, 0.15) is 0 Å². The fraction of sp³-hybridized carbons (Fsp3) is 0.286. The van der Waals surface area contributed by atoms with E-state index in [1.165, 1.54) is 19.2 Å². The molecule has 30 heavy (non-hydrogen) atoms. The third-order valence-electron chi connectivity index (χ3n) is 4.44. The minimum Gasteiger partial charge on any atom is -0.452 e. The standard InChI is InChI=1S/C21H23N3O6/c1-13-5-6-14(2)17(9-13)22-19(25)11-23(4)20(26)12-30-21(27)16-8-7-15(3)18(10-16)24(28)29/h5-10H,11-12H2,1-4H3,(H,22,25). The van der Waals surface area contributed by atoms with Crippen LogP contribution in [0.2, 0.25) is 0 Å². The summed E-state index contributed by atoms with van der Waals surface area (Å²) in [7, 11) is 1.41. The number of esters is 1. The summed E-state index contributed by atoms with van der Waals surface area (Å²) in [4.78, 5) is 48.0. The number of nitro groups is 1. The van der Waals surface area contributed by atoms with Crippen LogP contribution in [0.3, 0.4) is 0 Å². The number of aryl methyl sites for hydroxylation is 3. The lowest BCUT2D eigenvalue weighted by molar-refractivity contribution is -0.385. The van der Waals surface area contributed by atoms with Gasteiger partial charge in [-0.15, -0.1) is 0 Å². The number of nitrogens with one attached hydrogen (secondary N) is 1. The lowest BCUT2D eigenvalue weighted by Gasteiger charge is -2.17. The molecule has 0 fully saturated rings. The van der Waals surface area contributed by atoms with E-state index in [0.29, 0.717) is 11.3 Å². The normalized spacial score (nSPS) is 10.3. The number of nitrogens with zero attached hydrogens (tertiary/aromatic N) is 2. The Labute approximate surface area is 173 Å². The SMILES string of the molecule is Cc1ccc(C)c(NC(=O)CN(C)C(=O)COC(=O)c2ccc(C)c([N+](=O)[O-])c2)c1. The molecule has 0 bridgehead atoms. The van der Waals surface area contributed by atoms with E-state index in [4.69, 9.17) is 4.74 Å². The summed E-state index contributed by atoms with van der Waals surface area (Å²) in [5.41, 5.74) is 2.70. The molecule has 0 spiro atoms. The van der Waals surface area contributed by atoms with Crippen molar-refractivity contribution in [3.05, 3.63) is 68.8 Å². The average molecular weight is 413 g/mol. The van der Waals surface area contributed by atoms with Crippen LogP contribution in [-0.4, -0.2) is 47.8 Å². The highest BCUT2D eigenvalue weighted by Crippen LogP contribution is 2.20. The number of benzene rings is 2. The molecule has 0 saturated heterocycles. The molecule has 0 radical (unpaired) electrons. The largest absolute Gasteiger partial charge is 0.452 e. The second-order valence-electron chi connectivity index (χ2n) is 6.95. The highest BCUT2D eigenvalue weighted by Gasteiger charge is 2.19. The fourth-order valence-corrected chi connectivity index (χ4v) is 2.62. The lowest BCUT2D eigenvalue weighted by Crippen LogP contribution is -2.37. The predicted octanol–water partition coefficient (Wildman–Crippen LogP) is 2.77. The number of hydrogen-bond donors (Lipinski definition) is 1. The molecule has 1 N–H and O–H groups in total. The van der Waals surface area contributed by atoms with Crippen molar-refractivity contribution in [3.8, 4) is 0 Å². The van der Waals surface area contributed by atoms with Gasteiger partial charge < -0.3 is 15.0 Å². The Hall–Kier alpha value is -3.75. The first-order valence-corrected chi connectivity index (χ1v) is 9.11. The smallest absolute Gasteiger partial charge is 0.338 e. The summed E-state index contributed by atoms with van der Waals surface area (Å²) in [6, 6.07) is 9.56. The van der Waals surface area contributed by atoms with Crippen LogP contribution in [0.4, 0.5) is 11.4 Å². The molecule has 0 aromatic heterocycles. The molecule has 2 amide bonds. The summed E-state index contributed by atoms with van der Waals surface area (Å²) >= 11 is 0. The Morgan fingerprint density at radius 1 is 1.07 bits per heavy atom. The monoisotopic (exact) mass is 413 g/mol. The quantitative estimate of drug-likeness (QED) is 0.423. The zero-order chi connectivity index (χ0) is 22.4. The van der Waals surface area contributed by atoms with Crippen molar-refractivity contribution in [1.82, 2.24) is 4.90 Å². The van der Waals surface area contributed by atoms with E-state index < -0.39 is 23.4 Å². The van der Waals surface area contributed by atoms with Gasteiger partial charge in [0, 0.05) is 24.4 Å². The Morgan fingerprint density at radius 2 is 1.73 bits per heavy atom. The van der Waals surface area contributed by atoms with Gasteiger partial charge in [-0.2, -0.15) is 0 Å². The van der Waals surface area contributed by atoms with Gasteiger partial charge in [-0.25, -0.2) is 4.79 Å². The molecule has 0 heterocycles. The molecule has 0 aliphatic rings. The molecule has 9 nitrogen and oxygen atoms in total. The third kappa shape index (κ3) is 5.87.